The summed E-state index contributed by atoms with van der Waals surface area (Å²) in [5.41, 5.74) is 4.05. The first-order valence-electron chi connectivity index (χ1n) is 11.5. The van der Waals surface area contributed by atoms with Crippen molar-refractivity contribution >= 4 is 23.7 Å². The Bertz CT molecular complexity index is 1030. The quantitative estimate of drug-likeness (QED) is 0.504. The van der Waals surface area contributed by atoms with Crippen LogP contribution < -0.4 is 20.9 Å². The Hall–Kier alpha value is -3.44. The molecule has 1 atom stereocenters. The fourth-order valence-corrected chi connectivity index (χ4v) is 4.10. The van der Waals surface area contributed by atoms with E-state index in [1.165, 1.54) is 0 Å². The van der Waals surface area contributed by atoms with E-state index >= 15 is 0 Å². The van der Waals surface area contributed by atoms with Gasteiger partial charge in [-0.05, 0) is 26.0 Å². The fraction of sp³-hybridized carbons (Fsp3) is 0.478. The number of rotatable bonds is 6. The van der Waals surface area contributed by atoms with Crippen LogP contribution in [0.15, 0.2) is 24.3 Å². The van der Waals surface area contributed by atoms with Gasteiger partial charge in [0.1, 0.15) is 0 Å². The molecule has 0 aliphatic carbocycles. The van der Waals surface area contributed by atoms with Crippen molar-refractivity contribution in [3.63, 3.8) is 0 Å². The van der Waals surface area contributed by atoms with Gasteiger partial charge in [-0.2, -0.15) is 0 Å². The first-order chi connectivity index (χ1) is 16.5. The van der Waals surface area contributed by atoms with Crippen molar-refractivity contribution in [3.8, 4) is 11.3 Å². The van der Waals surface area contributed by atoms with Crippen LogP contribution in [-0.4, -0.2) is 77.5 Å². The summed E-state index contributed by atoms with van der Waals surface area (Å²) in [6.07, 6.45) is 0. The summed E-state index contributed by atoms with van der Waals surface area (Å²) in [5, 5.41) is 17.0. The minimum Gasteiger partial charge on any atom is -0.395 e. The van der Waals surface area contributed by atoms with Crippen LogP contribution in [-0.2, 0) is 17.8 Å². The maximum Gasteiger partial charge on any atom is 0.319 e. The van der Waals surface area contributed by atoms with Crippen LogP contribution in [0.25, 0.3) is 11.3 Å². The number of urea groups is 2. The molecular formula is C23H31N7O4. The number of hydrogen-bond acceptors (Lipinski definition) is 7. The topological polar surface area (TPSA) is 132 Å². The SMILES string of the molecule is CCNC(=O)N1Cc2nc(N3CCOCC3C)nc(-c3ccc(NC(=O)NCCO)cc3)c2C1. The van der Waals surface area contributed by atoms with E-state index < -0.39 is 0 Å². The molecule has 4 N–H and O–H groups in total. The number of fused-ring (bicyclic) bond motifs is 1. The van der Waals surface area contributed by atoms with Gasteiger partial charge >= 0.3 is 12.1 Å². The number of benzene rings is 1. The molecular weight excluding hydrogens is 438 g/mol. The van der Waals surface area contributed by atoms with Crippen molar-refractivity contribution in [2.24, 2.45) is 0 Å². The molecule has 1 saturated heterocycles. The van der Waals surface area contributed by atoms with Gasteiger partial charge in [-0.3, -0.25) is 0 Å². The lowest BCUT2D eigenvalue weighted by Gasteiger charge is -2.33. The molecule has 2 aliphatic rings. The molecule has 0 spiro atoms. The van der Waals surface area contributed by atoms with Gasteiger partial charge in [-0.15, -0.1) is 0 Å². The molecule has 4 rings (SSSR count). The molecule has 2 aliphatic heterocycles. The van der Waals surface area contributed by atoms with Crippen LogP contribution in [0.5, 0.6) is 0 Å². The average Bonchev–Trinajstić information content (AvgIpc) is 3.28. The zero-order valence-electron chi connectivity index (χ0n) is 19.5. The lowest BCUT2D eigenvalue weighted by molar-refractivity contribution is 0.0980. The molecule has 182 valence electrons. The molecule has 34 heavy (non-hydrogen) atoms. The standard InChI is InChI=1S/C23H31N7O4/c1-3-24-23(33)29-12-18-19(13-29)27-21(30-9-11-34-14-15(30)2)28-20(18)16-4-6-17(7-5-16)26-22(32)25-8-10-31/h4-7,15,31H,3,8-14H2,1-2H3,(H,24,33)(H2,25,26,32). The van der Waals surface area contributed by atoms with Crippen LogP contribution in [0, 0.1) is 0 Å². The number of nitrogens with zero attached hydrogens (tertiary/aromatic N) is 4. The van der Waals surface area contributed by atoms with E-state index in [0.29, 0.717) is 51.0 Å². The molecule has 1 aromatic carbocycles. The highest BCUT2D eigenvalue weighted by atomic mass is 16.5. The molecule has 1 fully saturated rings. The number of anilines is 2. The Morgan fingerprint density at radius 3 is 2.68 bits per heavy atom. The predicted molar refractivity (Wildman–Crippen MR) is 128 cm³/mol. The van der Waals surface area contributed by atoms with Crippen molar-refractivity contribution in [1.82, 2.24) is 25.5 Å². The number of nitrogens with one attached hydrogen (secondary N) is 3. The second-order valence-corrected chi connectivity index (χ2v) is 8.29. The highest BCUT2D eigenvalue weighted by Crippen LogP contribution is 2.33. The Balaban J connectivity index is 1.64. The average molecular weight is 470 g/mol. The van der Waals surface area contributed by atoms with Crippen LogP contribution in [0.1, 0.15) is 25.1 Å². The number of carbonyl (C=O) groups is 2. The monoisotopic (exact) mass is 469 g/mol. The molecule has 0 saturated carbocycles. The first kappa shape index (κ1) is 23.7. The van der Waals surface area contributed by atoms with E-state index in [0.717, 1.165) is 22.5 Å². The Morgan fingerprint density at radius 1 is 1.18 bits per heavy atom. The normalized spacial score (nSPS) is 17.3. The van der Waals surface area contributed by atoms with Gasteiger partial charge in [0, 0.05) is 36.4 Å². The largest absolute Gasteiger partial charge is 0.395 e. The minimum atomic E-state index is -0.383. The van der Waals surface area contributed by atoms with Crippen molar-refractivity contribution in [2.75, 3.05) is 49.7 Å². The second-order valence-electron chi connectivity index (χ2n) is 8.29. The number of aromatic nitrogens is 2. The summed E-state index contributed by atoms with van der Waals surface area (Å²) < 4.78 is 5.57. The lowest BCUT2D eigenvalue weighted by atomic mass is 10.1. The number of amides is 4. The molecule has 11 heteroatoms. The predicted octanol–water partition coefficient (Wildman–Crippen LogP) is 1.53. The summed E-state index contributed by atoms with van der Waals surface area (Å²) in [5.74, 6) is 0.632. The van der Waals surface area contributed by atoms with E-state index in [9.17, 15) is 9.59 Å². The highest BCUT2D eigenvalue weighted by molar-refractivity contribution is 5.89. The maximum absolute atomic E-state index is 12.5. The Kier molecular flexibility index (Phi) is 7.43. The summed E-state index contributed by atoms with van der Waals surface area (Å²) in [6.45, 7) is 7.37. The van der Waals surface area contributed by atoms with E-state index in [1.54, 1.807) is 17.0 Å². The van der Waals surface area contributed by atoms with E-state index in [1.807, 2.05) is 19.1 Å². The van der Waals surface area contributed by atoms with Gasteiger partial charge in [0.15, 0.2) is 0 Å². The molecule has 3 heterocycles. The first-order valence-corrected chi connectivity index (χ1v) is 11.5. The fourth-order valence-electron chi connectivity index (χ4n) is 4.10. The van der Waals surface area contributed by atoms with Gasteiger partial charge in [0.05, 0.1) is 50.3 Å². The summed E-state index contributed by atoms with van der Waals surface area (Å²) >= 11 is 0. The number of ether oxygens (including phenoxy) is 1. The summed E-state index contributed by atoms with van der Waals surface area (Å²) in [7, 11) is 0. The maximum atomic E-state index is 12.5. The molecule has 11 nitrogen and oxygen atoms in total. The van der Waals surface area contributed by atoms with Crippen molar-refractivity contribution < 1.29 is 19.4 Å². The Morgan fingerprint density at radius 2 is 1.97 bits per heavy atom. The van der Waals surface area contributed by atoms with Crippen molar-refractivity contribution in [2.45, 2.75) is 33.0 Å². The van der Waals surface area contributed by atoms with Crippen LogP contribution in [0.4, 0.5) is 21.2 Å². The number of aliphatic hydroxyl groups is 1. The van der Waals surface area contributed by atoms with Gasteiger partial charge < -0.3 is 35.6 Å². The number of hydrogen-bond donors (Lipinski definition) is 4. The third-order valence-electron chi connectivity index (χ3n) is 5.82. The number of morpholine rings is 1. The number of aliphatic hydroxyl groups excluding tert-OH is 1. The van der Waals surface area contributed by atoms with E-state index in [-0.39, 0.29) is 31.3 Å². The third kappa shape index (κ3) is 5.20. The lowest BCUT2D eigenvalue weighted by Crippen LogP contribution is -2.44. The molecule has 4 amide bonds. The summed E-state index contributed by atoms with van der Waals surface area (Å²) in [6, 6.07) is 7.03. The second kappa shape index (κ2) is 10.7. The minimum absolute atomic E-state index is 0.122. The van der Waals surface area contributed by atoms with E-state index in [4.69, 9.17) is 19.8 Å². The van der Waals surface area contributed by atoms with Crippen LogP contribution in [0.2, 0.25) is 0 Å². The molecule has 0 radical (unpaired) electrons. The van der Waals surface area contributed by atoms with Crippen LogP contribution in [0.3, 0.4) is 0 Å². The smallest absolute Gasteiger partial charge is 0.319 e. The van der Waals surface area contributed by atoms with Crippen molar-refractivity contribution in [3.05, 3.63) is 35.5 Å². The van der Waals surface area contributed by atoms with Gasteiger partial charge in [-0.25, -0.2) is 19.6 Å². The molecule has 1 unspecified atom stereocenters. The van der Waals surface area contributed by atoms with Crippen LogP contribution >= 0.6 is 0 Å². The zero-order valence-corrected chi connectivity index (χ0v) is 19.5. The van der Waals surface area contributed by atoms with Gasteiger partial charge in [0.2, 0.25) is 5.95 Å². The van der Waals surface area contributed by atoms with Gasteiger partial charge in [0.25, 0.3) is 0 Å². The Labute approximate surface area is 198 Å². The molecule has 0 bridgehead atoms. The number of carbonyl (C=O) groups excluding carboxylic acids is 2. The van der Waals surface area contributed by atoms with Crippen molar-refractivity contribution in [1.29, 1.82) is 0 Å². The third-order valence-corrected chi connectivity index (χ3v) is 5.82. The molecule has 2 aromatic rings. The zero-order chi connectivity index (χ0) is 24.1. The summed E-state index contributed by atoms with van der Waals surface area (Å²) in [4.78, 5) is 38.0. The molecule has 1 aromatic heterocycles. The highest BCUT2D eigenvalue weighted by Gasteiger charge is 2.31. The van der Waals surface area contributed by atoms with E-state index in [2.05, 4.69) is 27.8 Å². The van der Waals surface area contributed by atoms with Gasteiger partial charge in [-0.1, -0.05) is 12.1 Å².